The Bertz CT molecular complexity index is 753. The van der Waals surface area contributed by atoms with Gasteiger partial charge >= 0.3 is 0 Å². The van der Waals surface area contributed by atoms with Crippen molar-refractivity contribution < 1.29 is 14.3 Å². The molecule has 1 fully saturated rings. The molecule has 0 aliphatic carbocycles. The van der Waals surface area contributed by atoms with Gasteiger partial charge in [-0.25, -0.2) is 4.68 Å². The van der Waals surface area contributed by atoms with Gasteiger partial charge in [0.05, 0.1) is 6.61 Å². The van der Waals surface area contributed by atoms with E-state index < -0.39 is 0 Å². The first-order valence-corrected chi connectivity index (χ1v) is 9.30. The Morgan fingerprint density at radius 3 is 2.73 bits per heavy atom. The first kappa shape index (κ1) is 17.1. The van der Waals surface area contributed by atoms with Crippen molar-refractivity contribution in [2.45, 2.75) is 38.1 Å². The van der Waals surface area contributed by atoms with E-state index in [2.05, 4.69) is 41.6 Å². The molecule has 26 heavy (non-hydrogen) atoms. The van der Waals surface area contributed by atoms with Crippen LogP contribution in [0.5, 0.6) is 5.88 Å². The van der Waals surface area contributed by atoms with E-state index in [0.717, 1.165) is 39.0 Å². The average molecular weight is 355 g/mol. The first-order valence-electron chi connectivity index (χ1n) is 9.30. The molecule has 0 saturated carbocycles. The molecule has 2 aromatic rings. The van der Waals surface area contributed by atoms with Crippen LogP contribution in [0.15, 0.2) is 30.3 Å². The van der Waals surface area contributed by atoms with Gasteiger partial charge in [-0.1, -0.05) is 29.8 Å². The fourth-order valence-corrected chi connectivity index (χ4v) is 3.75. The molecule has 1 N–H and O–H groups in total. The minimum atomic E-state index is -0.145. The van der Waals surface area contributed by atoms with Crippen molar-refractivity contribution in [3.8, 4) is 5.88 Å². The van der Waals surface area contributed by atoms with E-state index in [1.807, 2.05) is 0 Å². The van der Waals surface area contributed by atoms with Crippen LogP contribution >= 0.6 is 0 Å². The van der Waals surface area contributed by atoms with E-state index in [1.165, 1.54) is 11.1 Å². The molecule has 0 unspecified atom stereocenters. The van der Waals surface area contributed by atoms with Crippen LogP contribution in [-0.4, -0.2) is 42.1 Å². The van der Waals surface area contributed by atoms with Crippen molar-refractivity contribution in [1.82, 2.24) is 15.1 Å². The quantitative estimate of drug-likeness (QED) is 0.915. The Hall–Kier alpha value is -2.34. The van der Waals surface area contributed by atoms with E-state index in [-0.39, 0.29) is 11.3 Å². The molecule has 0 atom stereocenters. The van der Waals surface area contributed by atoms with Gasteiger partial charge in [0, 0.05) is 44.2 Å². The lowest BCUT2D eigenvalue weighted by Crippen LogP contribution is -2.44. The van der Waals surface area contributed by atoms with E-state index >= 15 is 0 Å². The monoisotopic (exact) mass is 355 g/mol. The lowest BCUT2D eigenvalue weighted by molar-refractivity contribution is 0.0486. The van der Waals surface area contributed by atoms with Gasteiger partial charge in [-0.2, -0.15) is 5.10 Å². The molecule has 3 heterocycles. The van der Waals surface area contributed by atoms with Crippen LogP contribution in [0.25, 0.3) is 0 Å². The van der Waals surface area contributed by atoms with Crippen LogP contribution in [0.3, 0.4) is 0 Å². The molecular formula is C20H25N3O3. The molecule has 0 spiro atoms. The molecule has 6 nitrogen and oxygen atoms in total. The number of hydrogen-bond donors (Lipinski definition) is 1. The Morgan fingerprint density at radius 1 is 1.23 bits per heavy atom. The zero-order valence-electron chi connectivity index (χ0n) is 15.2. The number of hydrogen-bond acceptors (Lipinski definition) is 4. The number of aryl methyl sites for hydroxylation is 2. The molecule has 1 amide bonds. The molecule has 1 aromatic carbocycles. The Balaban J connectivity index is 1.50. The molecular weight excluding hydrogens is 330 g/mol. The Morgan fingerprint density at radius 2 is 2.00 bits per heavy atom. The summed E-state index contributed by atoms with van der Waals surface area (Å²) in [6.07, 6.45) is 2.73. The molecule has 1 saturated heterocycles. The average Bonchev–Trinajstić information content (AvgIpc) is 3.12. The van der Waals surface area contributed by atoms with Crippen LogP contribution in [-0.2, 0) is 16.7 Å². The number of nitrogens with one attached hydrogen (secondary N) is 1. The zero-order chi connectivity index (χ0) is 18.0. The largest absolute Gasteiger partial charge is 0.478 e. The summed E-state index contributed by atoms with van der Waals surface area (Å²) in [6.45, 7) is 5.59. The van der Waals surface area contributed by atoms with Crippen molar-refractivity contribution in [2.24, 2.45) is 0 Å². The van der Waals surface area contributed by atoms with Gasteiger partial charge in [0.1, 0.15) is 0 Å². The number of fused-ring (bicyclic) bond motifs is 1. The normalized spacial score (nSPS) is 18.7. The maximum atomic E-state index is 12.7. The van der Waals surface area contributed by atoms with Gasteiger partial charge in [-0.15, -0.1) is 0 Å². The maximum Gasteiger partial charge on any atom is 0.271 e. The molecule has 6 heteroatoms. The van der Waals surface area contributed by atoms with Crippen LogP contribution in [0.2, 0.25) is 0 Å². The molecule has 4 rings (SSSR count). The number of rotatable bonds is 4. The van der Waals surface area contributed by atoms with E-state index in [4.69, 9.17) is 9.47 Å². The van der Waals surface area contributed by atoms with Gasteiger partial charge in [0.15, 0.2) is 5.69 Å². The Kier molecular flexibility index (Phi) is 4.68. The standard InChI is InChI=1S/C20H25N3O3/c1-15-3-5-16(6-4-15)20(7-11-25-12-8-20)14-21-19(24)17-13-18-23(22-17)9-2-10-26-18/h3-6,13H,2,7-12,14H2,1H3,(H,21,24). The van der Waals surface area contributed by atoms with Crippen molar-refractivity contribution in [1.29, 1.82) is 0 Å². The number of ether oxygens (including phenoxy) is 2. The lowest BCUT2D eigenvalue weighted by atomic mass is 9.74. The molecule has 2 aliphatic heterocycles. The van der Waals surface area contributed by atoms with Crippen LogP contribution in [0.4, 0.5) is 0 Å². The number of carbonyl (C=O) groups excluding carboxylic acids is 1. The SMILES string of the molecule is Cc1ccc(C2(CNC(=O)c3cc4n(n3)CCCO4)CCOCC2)cc1. The predicted molar refractivity (Wildman–Crippen MR) is 97.6 cm³/mol. The summed E-state index contributed by atoms with van der Waals surface area (Å²) in [5.74, 6) is 0.536. The summed E-state index contributed by atoms with van der Waals surface area (Å²) >= 11 is 0. The lowest BCUT2D eigenvalue weighted by Gasteiger charge is -2.38. The molecule has 0 bridgehead atoms. The third-order valence-electron chi connectivity index (χ3n) is 5.44. The highest BCUT2D eigenvalue weighted by Gasteiger charge is 2.35. The van der Waals surface area contributed by atoms with Gasteiger partial charge in [0.25, 0.3) is 5.91 Å². The minimum Gasteiger partial charge on any atom is -0.478 e. The smallest absolute Gasteiger partial charge is 0.271 e. The minimum absolute atomic E-state index is 0.0859. The summed E-state index contributed by atoms with van der Waals surface area (Å²) < 4.78 is 12.9. The van der Waals surface area contributed by atoms with Crippen LogP contribution in [0.1, 0.15) is 40.9 Å². The van der Waals surface area contributed by atoms with Gasteiger partial charge in [-0.05, 0) is 25.3 Å². The topological polar surface area (TPSA) is 65.4 Å². The number of benzene rings is 1. The van der Waals surface area contributed by atoms with Crippen molar-refractivity contribution in [3.63, 3.8) is 0 Å². The number of carbonyl (C=O) groups is 1. The van der Waals surface area contributed by atoms with Crippen molar-refractivity contribution >= 4 is 5.91 Å². The Labute approximate surface area is 153 Å². The molecule has 0 radical (unpaired) electrons. The number of amides is 1. The first-order chi connectivity index (χ1) is 12.7. The van der Waals surface area contributed by atoms with Gasteiger partial charge in [-0.3, -0.25) is 4.79 Å². The van der Waals surface area contributed by atoms with E-state index in [1.54, 1.807) is 10.7 Å². The van der Waals surface area contributed by atoms with Gasteiger partial charge in [0.2, 0.25) is 5.88 Å². The second kappa shape index (κ2) is 7.11. The molecule has 138 valence electrons. The predicted octanol–water partition coefficient (Wildman–Crippen LogP) is 2.45. The van der Waals surface area contributed by atoms with Crippen LogP contribution < -0.4 is 10.1 Å². The zero-order valence-corrected chi connectivity index (χ0v) is 15.2. The fourth-order valence-electron chi connectivity index (χ4n) is 3.75. The van der Waals surface area contributed by atoms with Gasteiger partial charge < -0.3 is 14.8 Å². The third kappa shape index (κ3) is 3.33. The van der Waals surface area contributed by atoms with Crippen molar-refractivity contribution in [2.75, 3.05) is 26.4 Å². The number of nitrogens with zero attached hydrogens (tertiary/aromatic N) is 2. The fraction of sp³-hybridized carbons (Fsp3) is 0.500. The number of aromatic nitrogens is 2. The second-order valence-electron chi connectivity index (χ2n) is 7.23. The molecule has 1 aromatic heterocycles. The van der Waals surface area contributed by atoms with E-state index in [9.17, 15) is 4.79 Å². The maximum absolute atomic E-state index is 12.7. The highest BCUT2D eigenvalue weighted by molar-refractivity contribution is 5.92. The highest BCUT2D eigenvalue weighted by Crippen LogP contribution is 2.34. The molecule has 2 aliphatic rings. The summed E-state index contributed by atoms with van der Waals surface area (Å²) in [4.78, 5) is 12.7. The highest BCUT2D eigenvalue weighted by atomic mass is 16.5. The summed E-state index contributed by atoms with van der Waals surface area (Å²) in [6, 6.07) is 10.4. The third-order valence-corrected chi connectivity index (χ3v) is 5.44. The summed E-state index contributed by atoms with van der Waals surface area (Å²) in [5, 5.41) is 7.48. The van der Waals surface area contributed by atoms with Crippen LogP contribution in [0, 0.1) is 6.92 Å². The summed E-state index contributed by atoms with van der Waals surface area (Å²) in [7, 11) is 0. The van der Waals surface area contributed by atoms with Crippen molar-refractivity contribution in [3.05, 3.63) is 47.2 Å². The van der Waals surface area contributed by atoms with E-state index in [0.29, 0.717) is 24.7 Å². The second-order valence-corrected chi connectivity index (χ2v) is 7.23. The summed E-state index contributed by atoms with van der Waals surface area (Å²) in [5.41, 5.74) is 2.84.